The first-order chi connectivity index (χ1) is 6.36. The Morgan fingerprint density at radius 2 is 2.00 bits per heavy atom. The van der Waals surface area contributed by atoms with E-state index in [1.165, 1.54) is 17.7 Å². The monoisotopic (exact) mass is 171 g/mol. The maximum absolute atomic E-state index is 2.42. The second-order valence-electron chi connectivity index (χ2n) is 3.95. The molecule has 2 aliphatic rings. The van der Waals surface area contributed by atoms with Gasteiger partial charge in [-0.05, 0) is 24.3 Å². The molecule has 1 heteroatoms. The van der Waals surface area contributed by atoms with E-state index >= 15 is 0 Å². The summed E-state index contributed by atoms with van der Waals surface area (Å²) in [6, 6.07) is 9.37. The normalized spacial score (nSPS) is 29.2. The van der Waals surface area contributed by atoms with E-state index in [4.69, 9.17) is 0 Å². The van der Waals surface area contributed by atoms with Gasteiger partial charge in [-0.25, -0.2) is 0 Å². The Morgan fingerprint density at radius 3 is 2.85 bits per heavy atom. The van der Waals surface area contributed by atoms with Crippen LogP contribution >= 0.6 is 0 Å². The number of rotatable bonds is 0. The lowest BCUT2D eigenvalue weighted by atomic mass is 9.88. The van der Waals surface area contributed by atoms with Crippen LogP contribution in [0.3, 0.4) is 0 Å². The molecule has 0 N–H and O–H groups in total. The highest BCUT2D eigenvalue weighted by Gasteiger charge is 2.30. The molecular weight excluding hydrogens is 158 g/mol. The lowest BCUT2D eigenvalue weighted by Crippen LogP contribution is -2.27. The van der Waals surface area contributed by atoms with Gasteiger partial charge in [-0.1, -0.05) is 30.3 Å². The van der Waals surface area contributed by atoms with Gasteiger partial charge >= 0.3 is 0 Å². The average Bonchev–Trinajstić information content (AvgIpc) is 2.61. The van der Waals surface area contributed by atoms with Crippen molar-refractivity contribution in [1.29, 1.82) is 0 Å². The molecule has 0 spiro atoms. The molecule has 2 unspecified atom stereocenters. The molecule has 3 rings (SSSR count). The molecule has 0 amide bonds. The van der Waals surface area contributed by atoms with E-state index < -0.39 is 0 Å². The van der Waals surface area contributed by atoms with Crippen LogP contribution < -0.4 is 0 Å². The van der Waals surface area contributed by atoms with E-state index in [1.54, 1.807) is 0 Å². The third kappa shape index (κ3) is 0.873. The van der Waals surface area contributed by atoms with Gasteiger partial charge in [-0.3, -0.25) is 0 Å². The summed E-state index contributed by atoms with van der Waals surface area (Å²) in [5, 5.41) is 0. The summed E-state index contributed by atoms with van der Waals surface area (Å²) in [5.41, 5.74) is 3.03. The second-order valence-corrected chi connectivity index (χ2v) is 3.95. The highest BCUT2D eigenvalue weighted by atomic mass is 15.2. The van der Waals surface area contributed by atoms with Crippen LogP contribution in [0, 0.1) is 0 Å². The summed E-state index contributed by atoms with van der Waals surface area (Å²) in [4.78, 5) is 2.42. The molecule has 0 saturated heterocycles. The minimum Gasteiger partial charge on any atom is -0.370 e. The SMILES string of the molecule is CC1c2ccccc2C2C=CN1C2. The fraction of sp³-hybridized carbons (Fsp3) is 0.333. The van der Waals surface area contributed by atoms with Crippen LogP contribution in [0.4, 0.5) is 0 Å². The Bertz CT molecular complexity index is 367. The van der Waals surface area contributed by atoms with E-state index in [2.05, 4.69) is 48.4 Å². The van der Waals surface area contributed by atoms with Crippen LogP contribution in [0.1, 0.15) is 30.0 Å². The molecule has 1 aromatic carbocycles. The largest absolute Gasteiger partial charge is 0.370 e. The van der Waals surface area contributed by atoms with E-state index in [0.717, 1.165) is 0 Å². The summed E-state index contributed by atoms with van der Waals surface area (Å²) < 4.78 is 0. The Hall–Kier alpha value is -1.24. The fourth-order valence-corrected chi connectivity index (χ4v) is 2.46. The molecule has 2 heterocycles. The Morgan fingerprint density at radius 1 is 1.23 bits per heavy atom. The van der Waals surface area contributed by atoms with Gasteiger partial charge in [0.05, 0.1) is 6.04 Å². The van der Waals surface area contributed by atoms with E-state index in [0.29, 0.717) is 12.0 Å². The van der Waals surface area contributed by atoms with Crippen molar-refractivity contribution in [3.63, 3.8) is 0 Å². The highest BCUT2D eigenvalue weighted by molar-refractivity contribution is 5.40. The Balaban J connectivity index is 2.21. The van der Waals surface area contributed by atoms with Crippen molar-refractivity contribution in [1.82, 2.24) is 4.90 Å². The molecule has 13 heavy (non-hydrogen) atoms. The molecule has 0 fully saturated rings. The number of fused-ring (bicyclic) bond motifs is 4. The van der Waals surface area contributed by atoms with Gasteiger partial charge in [0.2, 0.25) is 0 Å². The smallest absolute Gasteiger partial charge is 0.0511 e. The molecule has 1 nitrogen and oxygen atoms in total. The molecule has 0 aromatic heterocycles. The van der Waals surface area contributed by atoms with Crippen molar-refractivity contribution in [3.8, 4) is 0 Å². The van der Waals surface area contributed by atoms with Crippen LogP contribution in [-0.4, -0.2) is 11.4 Å². The fourth-order valence-electron chi connectivity index (χ4n) is 2.46. The van der Waals surface area contributed by atoms with Gasteiger partial charge in [-0.2, -0.15) is 0 Å². The maximum atomic E-state index is 2.42. The van der Waals surface area contributed by atoms with E-state index in [9.17, 15) is 0 Å². The molecule has 0 saturated carbocycles. The molecule has 2 aliphatic heterocycles. The van der Waals surface area contributed by atoms with Gasteiger partial charge in [0, 0.05) is 12.5 Å². The van der Waals surface area contributed by atoms with Gasteiger partial charge in [0.25, 0.3) is 0 Å². The van der Waals surface area contributed by atoms with E-state index in [-0.39, 0.29) is 0 Å². The minimum absolute atomic E-state index is 0.561. The molecular formula is C12H13N. The quantitative estimate of drug-likeness (QED) is 0.580. The summed E-state index contributed by atoms with van der Waals surface area (Å²) in [7, 11) is 0. The van der Waals surface area contributed by atoms with Gasteiger partial charge in [0.15, 0.2) is 0 Å². The molecule has 0 radical (unpaired) electrons. The van der Waals surface area contributed by atoms with Gasteiger partial charge < -0.3 is 4.90 Å². The minimum atomic E-state index is 0.561. The van der Waals surface area contributed by atoms with Crippen LogP contribution in [-0.2, 0) is 0 Å². The first-order valence-electron chi connectivity index (χ1n) is 4.89. The first kappa shape index (κ1) is 7.19. The summed E-state index contributed by atoms with van der Waals surface area (Å²) >= 11 is 0. The highest BCUT2D eigenvalue weighted by Crippen LogP contribution is 2.39. The predicted molar refractivity (Wildman–Crippen MR) is 53.4 cm³/mol. The summed E-state index contributed by atoms with van der Waals surface area (Å²) in [5.74, 6) is 0.646. The first-order valence-corrected chi connectivity index (χ1v) is 4.89. The second kappa shape index (κ2) is 2.38. The number of benzene rings is 1. The van der Waals surface area contributed by atoms with Gasteiger partial charge in [0.1, 0.15) is 0 Å². The number of nitrogens with zero attached hydrogens (tertiary/aromatic N) is 1. The molecule has 66 valence electrons. The standard InChI is InChI=1S/C12H13N/c1-9-11-4-2-3-5-12(11)10-6-7-13(9)8-10/h2-7,9-10H,8H2,1H3. The predicted octanol–water partition coefficient (Wildman–Crippen LogP) is 2.67. The number of hydrogen-bond donors (Lipinski definition) is 0. The van der Waals surface area contributed by atoms with Crippen LogP contribution in [0.2, 0.25) is 0 Å². The molecule has 2 bridgehead atoms. The molecule has 1 aromatic rings. The van der Waals surface area contributed by atoms with Gasteiger partial charge in [-0.15, -0.1) is 0 Å². The summed E-state index contributed by atoms with van der Waals surface area (Å²) in [6.45, 7) is 3.46. The van der Waals surface area contributed by atoms with Crippen molar-refractivity contribution >= 4 is 0 Å². The Labute approximate surface area is 78.7 Å². The maximum Gasteiger partial charge on any atom is 0.0511 e. The number of hydrogen-bond acceptors (Lipinski definition) is 1. The topological polar surface area (TPSA) is 3.24 Å². The summed E-state index contributed by atoms with van der Waals surface area (Å²) in [6.07, 6.45) is 4.57. The third-order valence-corrected chi connectivity index (χ3v) is 3.26. The van der Waals surface area contributed by atoms with Crippen LogP contribution in [0.15, 0.2) is 36.5 Å². The Kier molecular flexibility index (Phi) is 1.32. The average molecular weight is 171 g/mol. The molecule has 2 atom stereocenters. The van der Waals surface area contributed by atoms with Crippen molar-refractivity contribution in [3.05, 3.63) is 47.7 Å². The lowest BCUT2D eigenvalue weighted by Gasteiger charge is -2.33. The third-order valence-electron chi connectivity index (χ3n) is 3.26. The van der Waals surface area contributed by atoms with Crippen molar-refractivity contribution in [2.45, 2.75) is 18.9 Å². The van der Waals surface area contributed by atoms with E-state index in [1.807, 2.05) is 0 Å². The van der Waals surface area contributed by atoms with Crippen molar-refractivity contribution in [2.24, 2.45) is 0 Å². The van der Waals surface area contributed by atoms with Crippen molar-refractivity contribution in [2.75, 3.05) is 6.54 Å². The lowest BCUT2D eigenvalue weighted by molar-refractivity contribution is 0.293. The molecule has 0 aliphatic carbocycles. The zero-order chi connectivity index (χ0) is 8.84. The van der Waals surface area contributed by atoms with Crippen molar-refractivity contribution < 1.29 is 0 Å². The van der Waals surface area contributed by atoms with Crippen LogP contribution in [0.25, 0.3) is 0 Å². The zero-order valence-electron chi connectivity index (χ0n) is 7.77. The van der Waals surface area contributed by atoms with Crippen LogP contribution in [0.5, 0.6) is 0 Å². The zero-order valence-corrected chi connectivity index (χ0v) is 7.77.